The molecule has 0 bridgehead atoms. The molecule has 3 fully saturated rings. The van der Waals surface area contributed by atoms with Crippen molar-refractivity contribution in [2.24, 2.45) is 11.7 Å². The summed E-state index contributed by atoms with van der Waals surface area (Å²) in [5, 5.41) is 0. The van der Waals surface area contributed by atoms with Gasteiger partial charge >= 0.3 is 5.97 Å². The Morgan fingerprint density at radius 2 is 2.11 bits per heavy atom. The van der Waals surface area contributed by atoms with Crippen molar-refractivity contribution in [2.75, 3.05) is 20.3 Å². The average Bonchev–Trinajstić information content (AvgIpc) is 3.57. The number of ether oxygens (including phenoxy) is 4. The first-order valence-corrected chi connectivity index (χ1v) is 10.4. The first-order chi connectivity index (χ1) is 13.5. The summed E-state index contributed by atoms with van der Waals surface area (Å²) < 4.78 is 22.0. The van der Waals surface area contributed by atoms with Crippen LogP contribution in [0.3, 0.4) is 0 Å². The fraction of sp³-hybridized carbons (Fsp3) is 0.810. The highest BCUT2D eigenvalue weighted by atomic mass is 16.6. The van der Waals surface area contributed by atoms with Crippen LogP contribution in [-0.2, 0) is 28.5 Å². The number of allylic oxidation sites excluding steroid dienone is 1. The van der Waals surface area contributed by atoms with Gasteiger partial charge in [-0.25, -0.2) is 0 Å². The van der Waals surface area contributed by atoms with E-state index in [0.717, 1.165) is 32.1 Å². The van der Waals surface area contributed by atoms with Crippen LogP contribution in [0.5, 0.6) is 0 Å². The first kappa shape index (κ1) is 21.4. The van der Waals surface area contributed by atoms with Gasteiger partial charge in [-0.1, -0.05) is 18.6 Å². The lowest BCUT2D eigenvalue weighted by molar-refractivity contribution is -0.143. The molecule has 1 aliphatic carbocycles. The number of esters is 1. The molecule has 2 heterocycles. The van der Waals surface area contributed by atoms with Crippen LogP contribution in [-0.4, -0.2) is 55.6 Å². The Kier molecular flexibility index (Phi) is 6.91. The highest BCUT2D eigenvalue weighted by Crippen LogP contribution is 2.56. The van der Waals surface area contributed by atoms with Crippen molar-refractivity contribution in [2.45, 2.75) is 81.8 Å². The van der Waals surface area contributed by atoms with E-state index in [9.17, 15) is 9.59 Å². The Morgan fingerprint density at radius 3 is 2.79 bits per heavy atom. The second-order valence-electron chi connectivity index (χ2n) is 8.03. The molecule has 0 unspecified atom stereocenters. The number of hydrogen-bond donors (Lipinski definition) is 1. The molecule has 3 rings (SSSR count). The van der Waals surface area contributed by atoms with Crippen LogP contribution in [0.15, 0.2) is 12.2 Å². The summed E-state index contributed by atoms with van der Waals surface area (Å²) in [7, 11) is 1.56. The van der Waals surface area contributed by atoms with Gasteiger partial charge in [0.1, 0.15) is 17.8 Å². The number of carbonyl (C=O) groups is 2. The smallest absolute Gasteiger partial charge is 0.305 e. The number of epoxide rings is 2. The number of rotatable bonds is 11. The molecule has 0 aromatic heterocycles. The minimum absolute atomic E-state index is 0.0889. The van der Waals surface area contributed by atoms with Gasteiger partial charge in [0.15, 0.2) is 11.5 Å². The van der Waals surface area contributed by atoms with E-state index in [1.165, 1.54) is 0 Å². The number of carbonyl (C=O) groups excluding carboxylic acids is 2. The molecule has 7 nitrogen and oxygen atoms in total. The standard InChI is InChI=1S/C21H33NO6/c1-3-26-17(24)11-9-7-5-4-6-8-10-16-21(22,28-16)19-18(25-2)15(23)12-13-20(19)14-27-20/h6,8,16,18-19H,3-5,7,9-14,22H2,1-2H3/b8-6+/t16-,18-,19+,20+,21+/m1/s1. The van der Waals surface area contributed by atoms with Crippen LogP contribution in [0, 0.1) is 5.92 Å². The average molecular weight is 395 g/mol. The first-order valence-electron chi connectivity index (χ1n) is 10.4. The molecule has 2 N–H and O–H groups in total. The summed E-state index contributed by atoms with van der Waals surface area (Å²) in [6, 6.07) is 0. The van der Waals surface area contributed by atoms with Crippen molar-refractivity contribution in [1.29, 1.82) is 0 Å². The fourth-order valence-corrected chi connectivity index (χ4v) is 4.42. The van der Waals surface area contributed by atoms with E-state index in [1.54, 1.807) is 7.11 Å². The van der Waals surface area contributed by atoms with Crippen molar-refractivity contribution in [3.63, 3.8) is 0 Å². The Hall–Kier alpha value is -1.28. The van der Waals surface area contributed by atoms with Gasteiger partial charge < -0.3 is 24.7 Å². The number of hydrogen-bond acceptors (Lipinski definition) is 7. The second-order valence-corrected chi connectivity index (χ2v) is 8.03. The molecule has 3 aliphatic rings. The molecular weight excluding hydrogens is 362 g/mol. The third-order valence-electron chi connectivity index (χ3n) is 6.10. The summed E-state index contributed by atoms with van der Waals surface area (Å²) in [5.74, 6) is -0.269. The Balaban J connectivity index is 1.38. The zero-order valence-corrected chi connectivity index (χ0v) is 17.0. The Labute approximate surface area is 166 Å². The predicted molar refractivity (Wildman–Crippen MR) is 102 cm³/mol. The molecule has 28 heavy (non-hydrogen) atoms. The van der Waals surface area contributed by atoms with E-state index in [4.69, 9.17) is 24.7 Å². The molecule has 7 heteroatoms. The summed E-state index contributed by atoms with van der Waals surface area (Å²) in [5.41, 5.74) is 5.33. The molecule has 0 amide bonds. The number of ketones is 1. The van der Waals surface area contributed by atoms with Gasteiger partial charge in [-0.3, -0.25) is 9.59 Å². The van der Waals surface area contributed by atoms with Crippen molar-refractivity contribution in [3.05, 3.63) is 12.2 Å². The van der Waals surface area contributed by atoms with Gasteiger partial charge in [0, 0.05) is 20.0 Å². The largest absolute Gasteiger partial charge is 0.466 e. The lowest BCUT2D eigenvalue weighted by Gasteiger charge is -2.37. The minimum atomic E-state index is -0.850. The topological polar surface area (TPSA) is 104 Å². The van der Waals surface area contributed by atoms with Crippen molar-refractivity contribution in [3.8, 4) is 0 Å². The highest BCUT2D eigenvalue weighted by molar-refractivity contribution is 5.85. The van der Waals surface area contributed by atoms with Gasteiger partial charge in [0.2, 0.25) is 0 Å². The van der Waals surface area contributed by atoms with Gasteiger partial charge in [0.05, 0.1) is 19.1 Å². The summed E-state index contributed by atoms with van der Waals surface area (Å²) in [6.45, 7) is 2.89. The summed E-state index contributed by atoms with van der Waals surface area (Å²) in [4.78, 5) is 23.5. The molecule has 1 spiro atoms. The normalized spacial score (nSPS) is 36.8. The molecule has 0 aromatic rings. The minimum Gasteiger partial charge on any atom is -0.466 e. The molecule has 5 atom stereocenters. The molecule has 2 aliphatic heterocycles. The molecule has 158 valence electrons. The molecular formula is C21H33NO6. The summed E-state index contributed by atoms with van der Waals surface area (Å²) >= 11 is 0. The maximum absolute atomic E-state index is 12.3. The van der Waals surface area contributed by atoms with Crippen LogP contribution in [0.4, 0.5) is 0 Å². The van der Waals surface area contributed by atoms with Crippen molar-refractivity contribution >= 4 is 11.8 Å². The van der Waals surface area contributed by atoms with Crippen LogP contribution in [0.1, 0.15) is 58.3 Å². The van der Waals surface area contributed by atoms with Crippen molar-refractivity contribution < 1.29 is 28.5 Å². The number of unbranched alkanes of at least 4 members (excludes halogenated alkanes) is 3. The number of methoxy groups -OCH3 is 1. The maximum atomic E-state index is 12.3. The van der Waals surface area contributed by atoms with Crippen LogP contribution < -0.4 is 5.73 Å². The zero-order chi connectivity index (χ0) is 20.2. The second kappa shape index (κ2) is 9.03. The van der Waals surface area contributed by atoms with E-state index in [0.29, 0.717) is 32.5 Å². The van der Waals surface area contributed by atoms with Gasteiger partial charge in [0.25, 0.3) is 0 Å². The van der Waals surface area contributed by atoms with Crippen LogP contribution in [0.2, 0.25) is 0 Å². The van der Waals surface area contributed by atoms with Gasteiger partial charge in [-0.15, -0.1) is 0 Å². The van der Waals surface area contributed by atoms with E-state index in [-0.39, 0.29) is 29.4 Å². The monoisotopic (exact) mass is 395 g/mol. The maximum Gasteiger partial charge on any atom is 0.305 e. The molecule has 0 radical (unpaired) electrons. The van der Waals surface area contributed by atoms with E-state index in [1.807, 2.05) is 6.92 Å². The van der Waals surface area contributed by atoms with Gasteiger partial charge in [-0.2, -0.15) is 0 Å². The lowest BCUT2D eigenvalue weighted by atomic mass is 9.71. The van der Waals surface area contributed by atoms with Crippen LogP contribution >= 0.6 is 0 Å². The Morgan fingerprint density at radius 1 is 1.32 bits per heavy atom. The zero-order valence-electron chi connectivity index (χ0n) is 17.0. The van der Waals surface area contributed by atoms with Crippen molar-refractivity contribution in [1.82, 2.24) is 0 Å². The third-order valence-corrected chi connectivity index (χ3v) is 6.10. The number of Topliss-reactive ketones (excluding diaryl/α,β-unsaturated/α-hetero) is 1. The van der Waals surface area contributed by atoms with Gasteiger partial charge in [-0.05, 0) is 39.0 Å². The molecule has 0 aromatic carbocycles. The molecule has 1 saturated carbocycles. The third kappa shape index (κ3) is 4.64. The fourth-order valence-electron chi connectivity index (χ4n) is 4.42. The lowest BCUT2D eigenvalue weighted by Crippen LogP contribution is -2.57. The van der Waals surface area contributed by atoms with Crippen LogP contribution in [0.25, 0.3) is 0 Å². The SMILES string of the molecule is CCOC(=O)CCCCC/C=C/C[C@H]1O[C@]1(N)[C@H]1[C@H](OC)C(=O)CC[C@]12CO2. The number of nitrogens with two attached hydrogens (primary N) is 1. The van der Waals surface area contributed by atoms with E-state index in [2.05, 4.69) is 12.2 Å². The summed E-state index contributed by atoms with van der Waals surface area (Å²) in [6.07, 6.45) is 9.83. The highest BCUT2D eigenvalue weighted by Gasteiger charge is 2.72. The molecule has 2 saturated heterocycles. The van der Waals surface area contributed by atoms with E-state index < -0.39 is 11.8 Å². The quantitative estimate of drug-likeness (QED) is 0.248. The predicted octanol–water partition coefficient (Wildman–Crippen LogP) is 2.26. The Bertz CT molecular complexity index is 602. The van der Waals surface area contributed by atoms with E-state index >= 15 is 0 Å².